The number of ether oxygens (including phenoxy) is 2. The highest BCUT2D eigenvalue weighted by molar-refractivity contribution is 5.75. The van der Waals surface area contributed by atoms with Gasteiger partial charge < -0.3 is 9.47 Å². The van der Waals surface area contributed by atoms with Crippen LogP contribution in [0.3, 0.4) is 0 Å². The lowest BCUT2D eigenvalue weighted by Crippen LogP contribution is -2.03. The number of hydrogen-bond donors (Lipinski definition) is 0. The highest BCUT2D eigenvalue weighted by Crippen LogP contribution is 2.24. The molecule has 0 N–H and O–H groups in total. The van der Waals surface area contributed by atoms with E-state index < -0.39 is 0 Å². The molecule has 0 fully saturated rings. The zero-order chi connectivity index (χ0) is 11.4. The summed E-state index contributed by atoms with van der Waals surface area (Å²) in [5.41, 5.74) is 1.42. The van der Waals surface area contributed by atoms with E-state index >= 15 is 0 Å². The molecular weight excluding hydrogens is 208 g/mol. The molecule has 2 aromatic rings. The predicted molar refractivity (Wildman–Crippen MR) is 57.6 cm³/mol. The molecule has 82 valence electrons. The van der Waals surface area contributed by atoms with E-state index in [1.54, 1.807) is 0 Å². The monoisotopic (exact) mass is 218 g/mol. The fourth-order valence-electron chi connectivity index (χ4n) is 1.31. The molecule has 1 aromatic heterocycles. The topological polar surface area (TPSA) is 61.3 Å². The first-order valence-corrected chi connectivity index (χ1v) is 4.72. The van der Waals surface area contributed by atoms with Crippen molar-refractivity contribution in [2.75, 3.05) is 13.7 Å². The van der Waals surface area contributed by atoms with Crippen LogP contribution in [0.25, 0.3) is 11.0 Å². The van der Waals surface area contributed by atoms with E-state index in [9.17, 15) is 4.79 Å². The zero-order valence-electron chi connectivity index (χ0n) is 8.71. The fourth-order valence-corrected chi connectivity index (χ4v) is 1.31. The molecule has 0 radical (unpaired) electrons. The average Bonchev–Trinajstić information content (AvgIpc) is 2.35. The predicted octanol–water partition coefficient (Wildman–Crippen LogP) is 1.22. The van der Waals surface area contributed by atoms with E-state index in [2.05, 4.69) is 9.97 Å². The Hall–Kier alpha value is -2.17. The average molecular weight is 218 g/mol. The van der Waals surface area contributed by atoms with E-state index in [-0.39, 0.29) is 18.4 Å². The molecule has 1 aromatic carbocycles. The standard InChI is InChI=1S/C11H10N2O3/c1-15-10-11(16-7-6-14)13-9-5-3-2-4-8(9)12-10/h2-6H,7H2,1H3. The van der Waals surface area contributed by atoms with Gasteiger partial charge >= 0.3 is 0 Å². The molecule has 2 rings (SSSR count). The maximum absolute atomic E-state index is 10.2. The van der Waals surface area contributed by atoms with Gasteiger partial charge in [0.25, 0.3) is 11.8 Å². The summed E-state index contributed by atoms with van der Waals surface area (Å²) in [5, 5.41) is 0. The van der Waals surface area contributed by atoms with Crippen molar-refractivity contribution in [1.29, 1.82) is 0 Å². The minimum absolute atomic E-state index is 0.0661. The quantitative estimate of drug-likeness (QED) is 0.722. The minimum atomic E-state index is -0.0661. The SMILES string of the molecule is COc1nc2ccccc2nc1OCC=O. The van der Waals surface area contributed by atoms with Gasteiger partial charge in [0, 0.05) is 0 Å². The molecule has 0 bridgehead atoms. The fraction of sp³-hybridized carbons (Fsp3) is 0.182. The summed E-state index contributed by atoms with van der Waals surface area (Å²) in [6.07, 6.45) is 0.649. The van der Waals surface area contributed by atoms with Crippen molar-refractivity contribution in [3.63, 3.8) is 0 Å². The van der Waals surface area contributed by atoms with E-state index in [1.807, 2.05) is 24.3 Å². The van der Waals surface area contributed by atoms with Crippen LogP contribution in [0.15, 0.2) is 24.3 Å². The van der Waals surface area contributed by atoms with Crippen LogP contribution in [0.4, 0.5) is 0 Å². The number of carbonyl (C=O) groups is 1. The van der Waals surface area contributed by atoms with E-state index in [0.29, 0.717) is 11.8 Å². The molecule has 0 amide bonds. The van der Waals surface area contributed by atoms with Crippen molar-refractivity contribution in [2.24, 2.45) is 0 Å². The molecule has 1 heterocycles. The lowest BCUT2D eigenvalue weighted by atomic mass is 10.3. The normalized spacial score (nSPS) is 10.1. The molecule has 0 unspecified atom stereocenters. The van der Waals surface area contributed by atoms with Crippen LogP contribution in [0.5, 0.6) is 11.8 Å². The second-order valence-corrected chi connectivity index (χ2v) is 3.00. The molecule has 5 nitrogen and oxygen atoms in total. The van der Waals surface area contributed by atoms with Gasteiger partial charge in [0.1, 0.15) is 6.61 Å². The summed E-state index contributed by atoms with van der Waals surface area (Å²) in [4.78, 5) is 18.7. The van der Waals surface area contributed by atoms with Gasteiger partial charge in [-0.05, 0) is 12.1 Å². The number of hydrogen-bond acceptors (Lipinski definition) is 5. The van der Waals surface area contributed by atoms with Gasteiger partial charge in [-0.25, -0.2) is 9.97 Å². The summed E-state index contributed by atoms with van der Waals surface area (Å²) in [5.74, 6) is 0.508. The molecule has 0 saturated heterocycles. The Morgan fingerprint density at radius 3 is 2.38 bits per heavy atom. The smallest absolute Gasteiger partial charge is 0.279 e. The van der Waals surface area contributed by atoms with Crippen molar-refractivity contribution in [2.45, 2.75) is 0 Å². The van der Waals surface area contributed by atoms with E-state index in [0.717, 1.165) is 5.52 Å². The van der Waals surface area contributed by atoms with Crippen molar-refractivity contribution < 1.29 is 14.3 Å². The van der Waals surface area contributed by atoms with Crippen LogP contribution >= 0.6 is 0 Å². The van der Waals surface area contributed by atoms with Gasteiger partial charge in [0.05, 0.1) is 18.1 Å². The molecular formula is C11H10N2O3. The molecule has 0 aliphatic rings. The zero-order valence-corrected chi connectivity index (χ0v) is 8.71. The Balaban J connectivity index is 2.49. The Kier molecular flexibility index (Phi) is 2.95. The molecule has 0 saturated carbocycles. The lowest BCUT2D eigenvalue weighted by Gasteiger charge is -2.07. The van der Waals surface area contributed by atoms with Crippen molar-refractivity contribution in [3.05, 3.63) is 24.3 Å². The van der Waals surface area contributed by atoms with Crippen LogP contribution in [0.2, 0.25) is 0 Å². The van der Waals surface area contributed by atoms with Crippen LogP contribution in [0, 0.1) is 0 Å². The maximum Gasteiger partial charge on any atom is 0.279 e. The van der Waals surface area contributed by atoms with Crippen LogP contribution in [0.1, 0.15) is 0 Å². The molecule has 16 heavy (non-hydrogen) atoms. The van der Waals surface area contributed by atoms with Gasteiger partial charge in [-0.3, -0.25) is 4.79 Å². The number of fused-ring (bicyclic) bond motifs is 1. The van der Waals surface area contributed by atoms with Gasteiger partial charge in [-0.2, -0.15) is 0 Å². The summed E-state index contributed by atoms with van der Waals surface area (Å²) in [6, 6.07) is 7.36. The van der Waals surface area contributed by atoms with Gasteiger partial charge in [-0.15, -0.1) is 0 Å². The first kappa shape index (κ1) is 10.4. The largest absolute Gasteiger partial charge is 0.477 e. The molecule has 5 heteroatoms. The lowest BCUT2D eigenvalue weighted by molar-refractivity contribution is -0.109. The number of aldehydes is 1. The van der Waals surface area contributed by atoms with E-state index in [1.165, 1.54) is 7.11 Å². The Labute approximate surface area is 92.0 Å². The van der Waals surface area contributed by atoms with Crippen molar-refractivity contribution in [1.82, 2.24) is 9.97 Å². The minimum Gasteiger partial charge on any atom is -0.477 e. The number of carbonyl (C=O) groups excluding carboxylic acids is 1. The first-order chi connectivity index (χ1) is 7.85. The molecule has 0 spiro atoms. The third-order valence-electron chi connectivity index (χ3n) is 1.99. The number of para-hydroxylation sites is 2. The Morgan fingerprint density at radius 2 is 1.81 bits per heavy atom. The number of aromatic nitrogens is 2. The van der Waals surface area contributed by atoms with Crippen molar-refractivity contribution >= 4 is 17.3 Å². The van der Waals surface area contributed by atoms with Crippen LogP contribution in [-0.2, 0) is 4.79 Å². The number of rotatable bonds is 4. The van der Waals surface area contributed by atoms with Crippen LogP contribution < -0.4 is 9.47 Å². The molecule has 0 aliphatic carbocycles. The number of methoxy groups -OCH3 is 1. The number of benzene rings is 1. The van der Waals surface area contributed by atoms with E-state index in [4.69, 9.17) is 9.47 Å². The Morgan fingerprint density at radius 1 is 1.19 bits per heavy atom. The summed E-state index contributed by atoms with van der Waals surface area (Å²) >= 11 is 0. The van der Waals surface area contributed by atoms with Gasteiger partial charge in [0.2, 0.25) is 0 Å². The summed E-state index contributed by atoms with van der Waals surface area (Å²) in [6.45, 7) is -0.0661. The number of nitrogens with zero attached hydrogens (tertiary/aromatic N) is 2. The molecule has 0 aliphatic heterocycles. The highest BCUT2D eigenvalue weighted by Gasteiger charge is 2.09. The third-order valence-corrected chi connectivity index (χ3v) is 1.99. The third kappa shape index (κ3) is 1.93. The maximum atomic E-state index is 10.2. The first-order valence-electron chi connectivity index (χ1n) is 4.72. The van der Waals surface area contributed by atoms with Crippen LogP contribution in [-0.4, -0.2) is 30.0 Å². The van der Waals surface area contributed by atoms with Gasteiger partial charge in [0.15, 0.2) is 6.29 Å². The second kappa shape index (κ2) is 4.57. The van der Waals surface area contributed by atoms with Gasteiger partial charge in [-0.1, -0.05) is 12.1 Å². The highest BCUT2D eigenvalue weighted by atomic mass is 16.5. The van der Waals surface area contributed by atoms with Crippen molar-refractivity contribution in [3.8, 4) is 11.8 Å². The molecule has 0 atom stereocenters. The second-order valence-electron chi connectivity index (χ2n) is 3.00. The Bertz CT molecular complexity index is 514. The summed E-state index contributed by atoms with van der Waals surface area (Å²) in [7, 11) is 1.48. The summed E-state index contributed by atoms with van der Waals surface area (Å²) < 4.78 is 10.2.